The number of carbonyl (C=O) groups excluding carboxylic acids is 1. The number of primary amides is 1. The summed E-state index contributed by atoms with van der Waals surface area (Å²) in [6.07, 6.45) is 3.71. The molecule has 0 aliphatic carbocycles. The van der Waals surface area contributed by atoms with Crippen molar-refractivity contribution in [3.8, 4) is 0 Å². The molecule has 2 unspecified atom stereocenters. The highest BCUT2D eigenvalue weighted by Gasteiger charge is 2.41. The van der Waals surface area contributed by atoms with Gasteiger partial charge in [-0.1, -0.05) is 12.1 Å². The van der Waals surface area contributed by atoms with Crippen molar-refractivity contribution in [2.24, 2.45) is 5.73 Å². The van der Waals surface area contributed by atoms with Crippen molar-refractivity contribution < 1.29 is 19.1 Å². The highest BCUT2D eigenvalue weighted by molar-refractivity contribution is 6.01. The minimum absolute atomic E-state index is 0.0348. The first kappa shape index (κ1) is 18.4. The summed E-state index contributed by atoms with van der Waals surface area (Å²) >= 11 is 0. The van der Waals surface area contributed by atoms with Crippen LogP contribution < -0.4 is 16.0 Å². The van der Waals surface area contributed by atoms with Crippen LogP contribution in [0.3, 0.4) is 0 Å². The Morgan fingerprint density at radius 1 is 1.10 bits per heavy atom. The number of carbonyl (C=O) groups is 2. The number of nitrogens with one attached hydrogen (secondary N) is 1. The summed E-state index contributed by atoms with van der Waals surface area (Å²) in [5.74, 6) is -1.98. The molecule has 2 atom stereocenters. The van der Waals surface area contributed by atoms with Crippen LogP contribution in [0.2, 0.25) is 0 Å². The number of nitrogens with two attached hydrogens (primary N) is 1. The monoisotopic (exact) mass is 393 g/mol. The fraction of sp³-hybridized carbons (Fsp3) is 0.100. The van der Waals surface area contributed by atoms with Crippen LogP contribution in [0.25, 0.3) is 0 Å². The average molecular weight is 393 g/mol. The van der Waals surface area contributed by atoms with Gasteiger partial charge in [0.05, 0.1) is 11.3 Å². The maximum Gasteiger partial charge on any atom is 0.338 e. The van der Waals surface area contributed by atoms with E-state index in [-0.39, 0.29) is 11.3 Å². The van der Waals surface area contributed by atoms with E-state index >= 15 is 0 Å². The first-order valence-electron chi connectivity index (χ1n) is 8.69. The minimum atomic E-state index is -1.17. The third-order valence-electron chi connectivity index (χ3n) is 4.72. The van der Waals surface area contributed by atoms with E-state index in [9.17, 15) is 19.1 Å². The Kier molecular flexibility index (Phi) is 4.55. The molecule has 146 valence electrons. The van der Waals surface area contributed by atoms with Gasteiger partial charge >= 0.3 is 5.97 Å². The molecule has 2 aromatic heterocycles. The molecule has 0 saturated heterocycles. The second kappa shape index (κ2) is 7.19. The molecular formula is C20H16FN5O3. The fourth-order valence-electron chi connectivity index (χ4n) is 3.50. The van der Waals surface area contributed by atoms with Gasteiger partial charge in [-0.3, -0.25) is 9.78 Å². The predicted octanol–water partition coefficient (Wildman–Crippen LogP) is 2.47. The highest BCUT2D eigenvalue weighted by Crippen LogP contribution is 2.46. The van der Waals surface area contributed by atoms with Crippen LogP contribution in [0.4, 0.5) is 15.9 Å². The van der Waals surface area contributed by atoms with E-state index < -0.39 is 29.9 Å². The summed E-state index contributed by atoms with van der Waals surface area (Å²) in [6.45, 7) is 0. The zero-order valence-corrected chi connectivity index (χ0v) is 15.0. The molecule has 1 amide bonds. The fourth-order valence-corrected chi connectivity index (χ4v) is 3.50. The van der Waals surface area contributed by atoms with Crippen molar-refractivity contribution in [3.63, 3.8) is 0 Å². The summed E-state index contributed by atoms with van der Waals surface area (Å²) in [5.41, 5.74) is 7.08. The zero-order valence-electron chi connectivity index (χ0n) is 15.0. The molecule has 3 aromatic rings. The smallest absolute Gasteiger partial charge is 0.338 e. The minimum Gasteiger partial charge on any atom is -0.478 e. The van der Waals surface area contributed by atoms with Gasteiger partial charge in [0.1, 0.15) is 18.0 Å². The summed E-state index contributed by atoms with van der Waals surface area (Å²) < 4.78 is 13.5. The van der Waals surface area contributed by atoms with Crippen LogP contribution in [-0.4, -0.2) is 27.0 Å². The second-order valence-corrected chi connectivity index (χ2v) is 6.45. The number of carboxylic acid groups (broad SMARTS) is 1. The number of aromatic nitrogens is 2. The van der Waals surface area contributed by atoms with Crippen LogP contribution in [0.1, 0.15) is 33.7 Å². The van der Waals surface area contributed by atoms with Gasteiger partial charge in [-0.25, -0.2) is 14.2 Å². The molecule has 29 heavy (non-hydrogen) atoms. The number of hydrogen-bond donors (Lipinski definition) is 3. The van der Waals surface area contributed by atoms with Crippen molar-refractivity contribution >= 4 is 23.4 Å². The lowest BCUT2D eigenvalue weighted by Crippen LogP contribution is -2.40. The van der Waals surface area contributed by atoms with Gasteiger partial charge in [-0.05, 0) is 41.5 Å². The molecule has 0 saturated carbocycles. The SMILES string of the molecule is NC(=O)C(c1ccncc1)N1c2c(C(=O)O)ccnc2NC1c1ccc(F)cc1. The van der Waals surface area contributed by atoms with E-state index in [1.54, 1.807) is 29.2 Å². The van der Waals surface area contributed by atoms with E-state index in [2.05, 4.69) is 15.3 Å². The number of amides is 1. The molecule has 1 aliphatic rings. The van der Waals surface area contributed by atoms with Gasteiger partial charge in [0.2, 0.25) is 5.91 Å². The average Bonchev–Trinajstić information content (AvgIpc) is 3.08. The number of nitrogens with zero attached hydrogens (tertiary/aromatic N) is 3. The van der Waals surface area contributed by atoms with E-state index in [0.717, 1.165) is 0 Å². The first-order chi connectivity index (χ1) is 14.0. The summed E-state index contributed by atoms with van der Waals surface area (Å²) in [5, 5.41) is 12.8. The largest absolute Gasteiger partial charge is 0.478 e. The molecule has 1 aromatic carbocycles. The van der Waals surface area contributed by atoms with Crippen LogP contribution in [-0.2, 0) is 4.79 Å². The number of anilines is 2. The van der Waals surface area contributed by atoms with Gasteiger partial charge in [0.25, 0.3) is 0 Å². The molecule has 0 bridgehead atoms. The van der Waals surface area contributed by atoms with Crippen LogP contribution in [0, 0.1) is 5.82 Å². The van der Waals surface area contributed by atoms with Gasteiger partial charge in [-0.15, -0.1) is 0 Å². The molecule has 0 radical (unpaired) electrons. The van der Waals surface area contributed by atoms with Crippen LogP contribution >= 0.6 is 0 Å². The Balaban J connectivity index is 1.93. The quantitative estimate of drug-likeness (QED) is 0.609. The third-order valence-corrected chi connectivity index (χ3v) is 4.72. The Morgan fingerprint density at radius 2 is 1.79 bits per heavy atom. The van der Waals surface area contributed by atoms with Crippen LogP contribution in [0.5, 0.6) is 0 Å². The Morgan fingerprint density at radius 3 is 2.41 bits per heavy atom. The Bertz CT molecular complexity index is 1080. The van der Waals surface area contributed by atoms with Gasteiger partial charge < -0.3 is 21.1 Å². The van der Waals surface area contributed by atoms with Crippen molar-refractivity contribution in [3.05, 3.63) is 83.6 Å². The lowest BCUT2D eigenvalue weighted by Gasteiger charge is -2.33. The molecule has 4 N–H and O–H groups in total. The molecule has 1 aliphatic heterocycles. The number of halogens is 1. The number of benzene rings is 1. The molecule has 9 heteroatoms. The van der Waals surface area contributed by atoms with Crippen molar-refractivity contribution in [1.82, 2.24) is 9.97 Å². The number of hydrogen-bond acceptors (Lipinski definition) is 6. The van der Waals surface area contributed by atoms with Crippen LogP contribution in [0.15, 0.2) is 61.1 Å². The van der Waals surface area contributed by atoms with E-state index in [0.29, 0.717) is 16.9 Å². The molecule has 3 heterocycles. The standard InChI is InChI=1S/C20H16FN5O3/c21-13-3-1-12(2-4-13)19-25-18-16(14(20(28)29)7-10-24-18)26(19)15(17(22)27)11-5-8-23-9-6-11/h1-10,15,19H,(H2,22,27)(H,24,25)(H,28,29). The molecule has 0 spiro atoms. The van der Waals surface area contributed by atoms with Crippen molar-refractivity contribution in [2.45, 2.75) is 12.2 Å². The summed E-state index contributed by atoms with van der Waals surface area (Å²) in [6, 6.07) is 9.29. The molecular weight excluding hydrogens is 377 g/mol. The lowest BCUT2D eigenvalue weighted by molar-refractivity contribution is -0.119. The van der Waals surface area contributed by atoms with E-state index in [4.69, 9.17) is 5.73 Å². The maximum absolute atomic E-state index is 13.5. The summed E-state index contributed by atoms with van der Waals surface area (Å²) in [4.78, 5) is 34.1. The first-order valence-corrected chi connectivity index (χ1v) is 8.69. The van der Waals surface area contributed by atoms with Gasteiger partial charge in [-0.2, -0.15) is 0 Å². The number of rotatable bonds is 5. The number of fused-ring (bicyclic) bond motifs is 1. The number of pyridine rings is 2. The summed E-state index contributed by atoms with van der Waals surface area (Å²) in [7, 11) is 0. The maximum atomic E-state index is 13.5. The van der Waals surface area contributed by atoms with Crippen molar-refractivity contribution in [2.75, 3.05) is 10.2 Å². The molecule has 8 nitrogen and oxygen atoms in total. The zero-order chi connectivity index (χ0) is 20.5. The van der Waals surface area contributed by atoms with Gasteiger partial charge in [0, 0.05) is 18.6 Å². The normalized spacial score (nSPS) is 16.0. The highest BCUT2D eigenvalue weighted by atomic mass is 19.1. The topological polar surface area (TPSA) is 121 Å². The van der Waals surface area contributed by atoms with E-state index in [1.807, 2.05) is 0 Å². The Hall–Kier alpha value is -4.01. The second-order valence-electron chi connectivity index (χ2n) is 6.45. The molecule has 0 fully saturated rings. The predicted molar refractivity (Wildman–Crippen MR) is 103 cm³/mol. The van der Waals surface area contributed by atoms with Gasteiger partial charge in [0.15, 0.2) is 5.82 Å². The van der Waals surface area contributed by atoms with E-state index in [1.165, 1.54) is 36.8 Å². The Labute approximate surface area is 164 Å². The third kappa shape index (κ3) is 3.22. The lowest BCUT2D eigenvalue weighted by atomic mass is 10.0. The number of carboxylic acids is 1. The van der Waals surface area contributed by atoms with Crippen molar-refractivity contribution in [1.29, 1.82) is 0 Å². The number of aromatic carboxylic acids is 1. The molecule has 4 rings (SSSR count).